The maximum Gasteiger partial charge on any atom is 0.317 e. The van der Waals surface area contributed by atoms with Gasteiger partial charge in [-0.3, -0.25) is 9.69 Å². The number of hydrogen-bond donors (Lipinski definition) is 4. The highest BCUT2D eigenvalue weighted by atomic mass is 32.1. The quantitative estimate of drug-likeness (QED) is 0.561. The van der Waals surface area contributed by atoms with Gasteiger partial charge in [0.2, 0.25) is 0 Å². The third-order valence-electron chi connectivity index (χ3n) is 4.45. The minimum atomic E-state index is -1.10. The summed E-state index contributed by atoms with van der Waals surface area (Å²) in [6.07, 6.45) is 1.49. The molecule has 0 bridgehead atoms. The van der Waals surface area contributed by atoms with E-state index < -0.39 is 11.6 Å². The van der Waals surface area contributed by atoms with Crippen LogP contribution in [0.5, 0.6) is 0 Å². The second kappa shape index (κ2) is 7.96. The van der Waals surface area contributed by atoms with E-state index in [1.807, 2.05) is 28.7 Å². The molecule has 1 atom stereocenters. The van der Waals surface area contributed by atoms with Crippen molar-refractivity contribution in [2.75, 3.05) is 19.6 Å². The summed E-state index contributed by atoms with van der Waals surface area (Å²) in [4.78, 5) is 24.7. The van der Waals surface area contributed by atoms with Crippen LogP contribution in [0, 0.1) is 0 Å². The summed E-state index contributed by atoms with van der Waals surface area (Å²) in [5.74, 6) is -0.832. The molecule has 8 heteroatoms. The van der Waals surface area contributed by atoms with Crippen molar-refractivity contribution in [1.29, 1.82) is 0 Å². The van der Waals surface area contributed by atoms with Crippen LogP contribution in [0.15, 0.2) is 16.8 Å². The van der Waals surface area contributed by atoms with Crippen molar-refractivity contribution in [2.24, 2.45) is 0 Å². The second-order valence-corrected chi connectivity index (χ2v) is 7.17. The normalized spacial score (nSPS) is 22.5. The van der Waals surface area contributed by atoms with Gasteiger partial charge in [0.25, 0.3) is 0 Å². The molecule has 2 rings (SSSR count). The van der Waals surface area contributed by atoms with Crippen molar-refractivity contribution in [3.05, 3.63) is 22.4 Å². The molecule has 24 heavy (non-hydrogen) atoms. The van der Waals surface area contributed by atoms with Gasteiger partial charge in [0.1, 0.15) is 5.60 Å². The standard InChI is InChI=1S/C16H25N3O4S/c1-3-19(8-14(20)21)13-6-12(7-13)18-15(22)17-10-16(2,23)11-4-5-24-9-11/h4-5,9,12-13,23H,3,6-8,10H2,1-2H3,(H,20,21)(H2,17,18,22). The van der Waals surface area contributed by atoms with Gasteiger partial charge in [-0.25, -0.2) is 4.79 Å². The average molecular weight is 355 g/mol. The monoisotopic (exact) mass is 355 g/mol. The lowest BCUT2D eigenvalue weighted by Crippen LogP contribution is -2.57. The molecule has 4 N–H and O–H groups in total. The molecule has 134 valence electrons. The Morgan fingerprint density at radius 3 is 2.71 bits per heavy atom. The number of thiophene rings is 1. The number of nitrogens with zero attached hydrogens (tertiary/aromatic N) is 1. The van der Waals surface area contributed by atoms with Gasteiger partial charge < -0.3 is 20.8 Å². The van der Waals surface area contributed by atoms with Crippen LogP contribution in [0.2, 0.25) is 0 Å². The Labute approximate surface area is 145 Å². The van der Waals surface area contributed by atoms with Crippen LogP contribution in [-0.4, -0.2) is 58.8 Å². The van der Waals surface area contributed by atoms with E-state index in [-0.39, 0.29) is 31.2 Å². The number of aliphatic hydroxyl groups is 1. The first-order chi connectivity index (χ1) is 11.3. The second-order valence-electron chi connectivity index (χ2n) is 6.39. The summed E-state index contributed by atoms with van der Waals surface area (Å²) in [5, 5.41) is 28.5. The predicted molar refractivity (Wildman–Crippen MR) is 92.1 cm³/mol. The summed E-state index contributed by atoms with van der Waals surface area (Å²) < 4.78 is 0. The molecule has 1 aliphatic carbocycles. The van der Waals surface area contributed by atoms with E-state index in [1.165, 1.54) is 11.3 Å². The molecule has 1 aromatic heterocycles. The fourth-order valence-electron chi connectivity index (χ4n) is 2.84. The van der Waals surface area contributed by atoms with Crippen LogP contribution in [0.3, 0.4) is 0 Å². The molecule has 1 aliphatic rings. The smallest absolute Gasteiger partial charge is 0.317 e. The van der Waals surface area contributed by atoms with E-state index in [4.69, 9.17) is 5.11 Å². The number of nitrogens with one attached hydrogen (secondary N) is 2. The van der Waals surface area contributed by atoms with E-state index in [0.29, 0.717) is 6.54 Å². The lowest BCUT2D eigenvalue weighted by Gasteiger charge is -2.42. The van der Waals surface area contributed by atoms with Crippen LogP contribution >= 0.6 is 11.3 Å². The van der Waals surface area contributed by atoms with Crippen molar-refractivity contribution in [2.45, 2.75) is 44.4 Å². The number of rotatable bonds is 8. The lowest BCUT2D eigenvalue weighted by molar-refractivity contribution is -0.139. The molecule has 0 saturated heterocycles. The van der Waals surface area contributed by atoms with E-state index in [9.17, 15) is 14.7 Å². The Kier molecular flexibility index (Phi) is 6.20. The minimum Gasteiger partial charge on any atom is -0.480 e. The highest BCUT2D eigenvalue weighted by Crippen LogP contribution is 2.25. The number of amides is 2. The van der Waals surface area contributed by atoms with Crippen LogP contribution in [-0.2, 0) is 10.4 Å². The zero-order valence-corrected chi connectivity index (χ0v) is 14.8. The van der Waals surface area contributed by atoms with Gasteiger partial charge in [-0.1, -0.05) is 6.92 Å². The van der Waals surface area contributed by atoms with E-state index in [2.05, 4.69) is 10.6 Å². The molecule has 1 unspecified atom stereocenters. The minimum absolute atomic E-state index is 0.0313. The van der Waals surface area contributed by atoms with Crippen LogP contribution in [0.4, 0.5) is 4.79 Å². The van der Waals surface area contributed by atoms with Crippen molar-refractivity contribution < 1.29 is 19.8 Å². The largest absolute Gasteiger partial charge is 0.480 e. The summed E-state index contributed by atoms with van der Waals surface area (Å²) in [5.41, 5.74) is -0.316. The summed E-state index contributed by atoms with van der Waals surface area (Å²) in [6.45, 7) is 4.44. The van der Waals surface area contributed by atoms with Crippen molar-refractivity contribution >= 4 is 23.3 Å². The SMILES string of the molecule is CCN(CC(=O)O)C1CC(NC(=O)NCC(C)(O)c2ccsc2)C1. The number of aliphatic carboxylic acids is 1. The van der Waals surface area contributed by atoms with Gasteiger partial charge in [0, 0.05) is 12.1 Å². The van der Waals surface area contributed by atoms with Crippen molar-refractivity contribution in [3.63, 3.8) is 0 Å². The Morgan fingerprint density at radius 1 is 1.46 bits per heavy atom. The Bertz CT molecular complexity index is 556. The van der Waals surface area contributed by atoms with E-state index >= 15 is 0 Å². The Morgan fingerprint density at radius 2 is 2.17 bits per heavy atom. The first-order valence-electron chi connectivity index (χ1n) is 8.07. The number of carboxylic acids is 1. The fraction of sp³-hybridized carbons (Fsp3) is 0.625. The molecule has 1 saturated carbocycles. The number of hydrogen-bond acceptors (Lipinski definition) is 5. The number of urea groups is 1. The van der Waals surface area contributed by atoms with Gasteiger partial charge >= 0.3 is 12.0 Å². The van der Waals surface area contributed by atoms with Gasteiger partial charge in [0.05, 0.1) is 13.1 Å². The van der Waals surface area contributed by atoms with Gasteiger partial charge in [-0.2, -0.15) is 11.3 Å². The molecule has 0 radical (unpaired) electrons. The molecular formula is C16H25N3O4S. The zero-order valence-electron chi connectivity index (χ0n) is 14.0. The molecule has 2 amide bonds. The number of carboxylic acid groups (broad SMARTS) is 1. The highest BCUT2D eigenvalue weighted by Gasteiger charge is 2.35. The van der Waals surface area contributed by atoms with Crippen molar-refractivity contribution in [3.8, 4) is 0 Å². The number of carbonyl (C=O) groups is 2. The fourth-order valence-corrected chi connectivity index (χ4v) is 3.62. The van der Waals surface area contributed by atoms with Gasteiger partial charge in [-0.15, -0.1) is 0 Å². The first kappa shape index (κ1) is 18.7. The predicted octanol–water partition coefficient (Wildman–Crippen LogP) is 1.19. The highest BCUT2D eigenvalue weighted by molar-refractivity contribution is 7.08. The first-order valence-corrected chi connectivity index (χ1v) is 9.01. The molecule has 1 aromatic rings. The maximum atomic E-state index is 11.9. The van der Waals surface area contributed by atoms with Gasteiger partial charge in [-0.05, 0) is 48.7 Å². The molecular weight excluding hydrogens is 330 g/mol. The molecule has 7 nitrogen and oxygen atoms in total. The van der Waals surface area contributed by atoms with Gasteiger partial charge in [0.15, 0.2) is 0 Å². The molecule has 0 aliphatic heterocycles. The summed E-state index contributed by atoms with van der Waals surface area (Å²) in [7, 11) is 0. The molecule has 1 heterocycles. The molecule has 0 aromatic carbocycles. The molecule has 1 fully saturated rings. The van der Waals surface area contributed by atoms with Crippen LogP contribution in [0.25, 0.3) is 0 Å². The number of carbonyl (C=O) groups excluding carboxylic acids is 1. The van der Waals surface area contributed by atoms with E-state index in [0.717, 1.165) is 18.4 Å². The molecule has 0 spiro atoms. The van der Waals surface area contributed by atoms with Crippen LogP contribution < -0.4 is 10.6 Å². The Balaban J connectivity index is 1.70. The van der Waals surface area contributed by atoms with Crippen LogP contribution in [0.1, 0.15) is 32.3 Å². The summed E-state index contributed by atoms with van der Waals surface area (Å²) >= 11 is 1.50. The topological polar surface area (TPSA) is 102 Å². The van der Waals surface area contributed by atoms with E-state index in [1.54, 1.807) is 6.92 Å². The lowest BCUT2D eigenvalue weighted by atomic mass is 9.85. The number of likely N-dealkylation sites (N-methyl/N-ethyl adjacent to an activating group) is 1. The van der Waals surface area contributed by atoms with Crippen molar-refractivity contribution in [1.82, 2.24) is 15.5 Å². The maximum absolute atomic E-state index is 11.9. The third-order valence-corrected chi connectivity index (χ3v) is 5.13. The summed E-state index contributed by atoms with van der Waals surface area (Å²) in [6, 6.07) is 1.77. The third kappa shape index (κ3) is 4.93. The average Bonchev–Trinajstić information content (AvgIpc) is 3.01. The Hall–Kier alpha value is -1.64. The zero-order chi connectivity index (χ0) is 17.7.